The molecule has 0 aliphatic rings. The van der Waals surface area contributed by atoms with Gasteiger partial charge in [0.15, 0.2) is 5.43 Å². The number of hydrogen-bond acceptors (Lipinski definition) is 4. The normalized spacial score (nSPS) is 11.7. The molecule has 0 fully saturated rings. The molecule has 0 unspecified atom stereocenters. The molecule has 26 heavy (non-hydrogen) atoms. The Kier molecular flexibility index (Phi) is 3.24. The molecule has 6 heteroatoms. The summed E-state index contributed by atoms with van der Waals surface area (Å²) < 4.78 is 2.99. The number of fused-ring (bicyclic) bond motifs is 3. The smallest absolute Gasteiger partial charge is 0.193 e. The van der Waals surface area contributed by atoms with Gasteiger partial charge in [0.05, 0.1) is 16.4 Å². The molecule has 0 bridgehead atoms. The summed E-state index contributed by atoms with van der Waals surface area (Å²) in [5.41, 5.74) is 3.23. The second kappa shape index (κ2) is 5.51. The summed E-state index contributed by atoms with van der Waals surface area (Å²) in [6, 6.07) is 9.23. The Morgan fingerprint density at radius 2 is 1.81 bits per heavy atom. The number of rotatable bonds is 2. The Hall–Kier alpha value is -2.99. The number of nitrogens with zero attached hydrogens (tertiary/aromatic N) is 3. The Balaban J connectivity index is 1.92. The van der Waals surface area contributed by atoms with Gasteiger partial charge >= 0.3 is 0 Å². The van der Waals surface area contributed by atoms with Gasteiger partial charge in [0.25, 0.3) is 0 Å². The van der Waals surface area contributed by atoms with Gasteiger partial charge in [0, 0.05) is 45.8 Å². The van der Waals surface area contributed by atoms with Crippen LogP contribution in [0, 0.1) is 0 Å². The van der Waals surface area contributed by atoms with Crippen LogP contribution in [0.4, 0.5) is 0 Å². The van der Waals surface area contributed by atoms with Crippen molar-refractivity contribution in [3.8, 4) is 5.75 Å². The van der Waals surface area contributed by atoms with E-state index in [1.165, 1.54) is 6.33 Å². The van der Waals surface area contributed by atoms with Crippen LogP contribution in [-0.2, 0) is 6.42 Å². The van der Waals surface area contributed by atoms with E-state index in [1.54, 1.807) is 24.5 Å². The van der Waals surface area contributed by atoms with Crippen LogP contribution in [0.5, 0.6) is 5.75 Å². The van der Waals surface area contributed by atoms with Crippen molar-refractivity contribution in [1.82, 2.24) is 14.4 Å². The number of aromatic hydroxyl groups is 1. The van der Waals surface area contributed by atoms with E-state index in [0.717, 1.165) is 31.8 Å². The molecule has 0 saturated heterocycles. The van der Waals surface area contributed by atoms with Crippen molar-refractivity contribution in [2.45, 2.75) is 6.42 Å². The van der Waals surface area contributed by atoms with Gasteiger partial charge in [-0.25, -0.2) is 9.97 Å². The summed E-state index contributed by atoms with van der Waals surface area (Å²) in [5.74, 6) is 0.0899. The Labute approximate surface area is 156 Å². The predicted octanol–water partition coefficient (Wildman–Crippen LogP) is 3.89. The highest BCUT2D eigenvalue weighted by Gasteiger charge is 2.17. The van der Waals surface area contributed by atoms with E-state index < -0.39 is 0 Å². The quantitative estimate of drug-likeness (QED) is 0.483. The molecule has 0 amide bonds. The van der Waals surface area contributed by atoms with Crippen LogP contribution in [0.15, 0.2) is 64.5 Å². The zero-order chi connectivity index (χ0) is 17.8. The van der Waals surface area contributed by atoms with E-state index in [0.29, 0.717) is 17.4 Å². The van der Waals surface area contributed by atoms with Crippen LogP contribution >= 0.6 is 15.9 Å². The van der Waals surface area contributed by atoms with Crippen LogP contribution < -0.4 is 5.43 Å². The molecule has 5 nitrogen and oxygen atoms in total. The first-order valence-electron chi connectivity index (χ1n) is 8.07. The first-order valence-corrected chi connectivity index (χ1v) is 8.86. The van der Waals surface area contributed by atoms with E-state index in [9.17, 15) is 9.90 Å². The molecular weight excluding hydrogens is 394 g/mol. The van der Waals surface area contributed by atoms with E-state index in [2.05, 4.69) is 25.9 Å². The first kappa shape index (κ1) is 15.3. The number of aromatic nitrogens is 3. The van der Waals surface area contributed by atoms with Crippen LogP contribution in [0.25, 0.3) is 27.2 Å². The molecule has 0 radical (unpaired) electrons. The Morgan fingerprint density at radius 3 is 2.62 bits per heavy atom. The summed E-state index contributed by atoms with van der Waals surface area (Å²) in [4.78, 5) is 21.1. The molecule has 0 aliphatic carbocycles. The van der Waals surface area contributed by atoms with E-state index in [4.69, 9.17) is 0 Å². The predicted molar refractivity (Wildman–Crippen MR) is 104 cm³/mol. The zero-order valence-electron chi connectivity index (χ0n) is 13.5. The molecular formula is C20H12BrN3O2. The van der Waals surface area contributed by atoms with Gasteiger partial charge in [-0.15, -0.1) is 0 Å². The van der Waals surface area contributed by atoms with Crippen molar-refractivity contribution >= 4 is 43.1 Å². The average molecular weight is 406 g/mol. The van der Waals surface area contributed by atoms with Crippen molar-refractivity contribution < 1.29 is 5.11 Å². The number of phenols is 1. The number of hydrogen-bond donors (Lipinski definition) is 1. The lowest BCUT2D eigenvalue weighted by atomic mass is 10.0. The fraction of sp³-hybridized carbons (Fsp3) is 0.0500. The minimum atomic E-state index is -0.0795. The van der Waals surface area contributed by atoms with Crippen LogP contribution in [0.3, 0.4) is 0 Å². The van der Waals surface area contributed by atoms with E-state index >= 15 is 0 Å². The van der Waals surface area contributed by atoms with Gasteiger partial charge in [-0.05, 0) is 29.8 Å². The molecule has 5 rings (SSSR count). The third kappa shape index (κ3) is 2.19. The molecule has 0 atom stereocenters. The third-order valence-corrected chi connectivity index (χ3v) is 5.17. The number of phenolic OH excluding ortho intramolecular Hbond substituents is 1. The fourth-order valence-corrected chi connectivity index (χ4v) is 3.95. The van der Waals surface area contributed by atoms with Gasteiger partial charge in [-0.2, -0.15) is 0 Å². The highest BCUT2D eigenvalue weighted by molar-refractivity contribution is 9.10. The number of pyridine rings is 1. The first-order chi connectivity index (χ1) is 12.6. The molecule has 3 aromatic heterocycles. The summed E-state index contributed by atoms with van der Waals surface area (Å²) in [6.45, 7) is 0. The van der Waals surface area contributed by atoms with Crippen molar-refractivity contribution in [2.75, 3.05) is 0 Å². The molecule has 2 aromatic carbocycles. The highest BCUT2D eigenvalue weighted by atomic mass is 79.9. The summed E-state index contributed by atoms with van der Waals surface area (Å²) in [7, 11) is 0. The topological polar surface area (TPSA) is 67.5 Å². The molecule has 0 saturated carbocycles. The fourth-order valence-electron chi connectivity index (χ4n) is 3.60. The van der Waals surface area contributed by atoms with Gasteiger partial charge < -0.3 is 9.51 Å². The van der Waals surface area contributed by atoms with Crippen molar-refractivity contribution in [3.63, 3.8) is 0 Å². The van der Waals surface area contributed by atoms with Gasteiger partial charge in [0.2, 0.25) is 0 Å². The SMILES string of the molecule is O=c1c(Cc2cncnc2)cn2c3cc(Br)ccc3c3cc(O)cc1c32. The molecule has 0 aliphatic heterocycles. The number of halogens is 1. The van der Waals surface area contributed by atoms with Crippen molar-refractivity contribution in [2.24, 2.45) is 0 Å². The van der Waals surface area contributed by atoms with Gasteiger partial charge in [-0.3, -0.25) is 4.79 Å². The van der Waals surface area contributed by atoms with E-state index in [1.807, 2.05) is 28.8 Å². The second-order valence-corrected chi connectivity index (χ2v) is 7.24. The van der Waals surface area contributed by atoms with Crippen molar-refractivity contribution in [3.05, 3.63) is 81.1 Å². The molecule has 126 valence electrons. The second-order valence-electron chi connectivity index (χ2n) is 6.33. The molecule has 5 aromatic rings. The standard InChI is InChI=1S/C20H12BrN3O2/c21-13-1-2-15-16-5-14(25)6-17-19(16)24(18(15)4-13)9-12(20(17)26)3-11-7-22-10-23-8-11/h1-2,4-10,25H,3H2. The van der Waals surface area contributed by atoms with Gasteiger partial charge in [-0.1, -0.05) is 22.0 Å². The average Bonchev–Trinajstić information content (AvgIpc) is 2.93. The van der Waals surface area contributed by atoms with Gasteiger partial charge in [0.1, 0.15) is 12.1 Å². The summed E-state index contributed by atoms with van der Waals surface area (Å²) >= 11 is 3.52. The van der Waals surface area contributed by atoms with Crippen LogP contribution in [-0.4, -0.2) is 19.5 Å². The highest BCUT2D eigenvalue weighted by Crippen LogP contribution is 2.35. The lowest BCUT2D eigenvalue weighted by Gasteiger charge is -2.07. The maximum atomic E-state index is 13.1. The Bertz CT molecular complexity index is 1350. The Morgan fingerprint density at radius 1 is 1.04 bits per heavy atom. The number of benzene rings is 2. The van der Waals surface area contributed by atoms with E-state index in [-0.39, 0.29) is 11.2 Å². The monoisotopic (exact) mass is 405 g/mol. The van der Waals surface area contributed by atoms with Crippen LogP contribution in [0.2, 0.25) is 0 Å². The zero-order valence-corrected chi connectivity index (χ0v) is 15.1. The van der Waals surface area contributed by atoms with Crippen molar-refractivity contribution in [1.29, 1.82) is 0 Å². The largest absolute Gasteiger partial charge is 0.508 e. The maximum absolute atomic E-state index is 13.1. The third-order valence-electron chi connectivity index (χ3n) is 4.67. The molecule has 1 N–H and O–H groups in total. The van der Waals surface area contributed by atoms with Crippen LogP contribution in [0.1, 0.15) is 11.1 Å². The lowest BCUT2D eigenvalue weighted by Crippen LogP contribution is -2.12. The molecule has 0 spiro atoms. The summed E-state index contributed by atoms with van der Waals surface area (Å²) in [5, 5.41) is 12.6. The summed E-state index contributed by atoms with van der Waals surface area (Å²) in [6.07, 6.45) is 7.20. The minimum absolute atomic E-state index is 0.0795. The lowest BCUT2D eigenvalue weighted by molar-refractivity contribution is 0.477. The minimum Gasteiger partial charge on any atom is -0.508 e. The molecule has 3 heterocycles. The maximum Gasteiger partial charge on any atom is 0.193 e.